The molecule has 0 aromatic carbocycles. The van der Waals surface area contributed by atoms with Gasteiger partial charge < -0.3 is 0 Å². The van der Waals surface area contributed by atoms with E-state index in [1.165, 1.54) is 12.5 Å². The predicted octanol–water partition coefficient (Wildman–Crippen LogP) is 3.93. The summed E-state index contributed by atoms with van der Waals surface area (Å²) in [5.41, 5.74) is 0. The monoisotopic (exact) mass is 170 g/mol. The molecule has 0 aromatic heterocycles. The molecule has 0 atom stereocenters. The molecule has 0 radical (unpaired) electrons. The number of hydrogen-bond donors (Lipinski definition) is 0. The van der Waals surface area contributed by atoms with Crippen LogP contribution in [0.2, 0.25) is 25.7 Å². The molecule has 11 heavy (non-hydrogen) atoms. The molecule has 0 saturated carbocycles. The van der Waals surface area contributed by atoms with Gasteiger partial charge in [-0.2, -0.15) is 0 Å². The van der Waals surface area contributed by atoms with Crippen molar-refractivity contribution in [3.05, 3.63) is 12.2 Å². The Hall–Kier alpha value is -0.0431. The Morgan fingerprint density at radius 1 is 1.18 bits per heavy atom. The van der Waals surface area contributed by atoms with Crippen molar-refractivity contribution in [2.24, 2.45) is 5.92 Å². The summed E-state index contributed by atoms with van der Waals surface area (Å²) < 4.78 is 0. The van der Waals surface area contributed by atoms with Crippen molar-refractivity contribution < 1.29 is 0 Å². The van der Waals surface area contributed by atoms with E-state index in [0.29, 0.717) is 0 Å². The fraction of sp³-hybridized carbons (Fsp3) is 0.800. The van der Waals surface area contributed by atoms with Gasteiger partial charge in [-0.05, 0) is 12.3 Å². The molecule has 0 amide bonds. The second kappa shape index (κ2) is 4.76. The normalized spacial score (nSPS) is 13.3. The first kappa shape index (κ1) is 11.0. The molecule has 0 fully saturated rings. The van der Waals surface area contributed by atoms with Crippen LogP contribution in [0, 0.1) is 5.92 Å². The fourth-order valence-electron chi connectivity index (χ4n) is 0.885. The highest BCUT2D eigenvalue weighted by molar-refractivity contribution is 6.76. The average Bonchev–Trinajstić information content (AvgIpc) is 1.78. The van der Waals surface area contributed by atoms with Crippen molar-refractivity contribution >= 4 is 8.07 Å². The number of rotatable bonds is 4. The Bertz CT molecular complexity index is 117. The molecule has 0 nitrogen and oxygen atoms in total. The highest BCUT2D eigenvalue weighted by Crippen LogP contribution is 2.11. The van der Waals surface area contributed by atoms with E-state index in [0.717, 1.165) is 5.92 Å². The minimum absolute atomic E-state index is 0.719. The molecule has 0 aliphatic rings. The summed E-state index contributed by atoms with van der Waals surface area (Å²) in [6.45, 7) is 11.7. The van der Waals surface area contributed by atoms with Gasteiger partial charge in [0, 0.05) is 8.07 Å². The first-order valence-corrected chi connectivity index (χ1v) is 8.29. The first-order chi connectivity index (χ1) is 4.92. The van der Waals surface area contributed by atoms with Crippen molar-refractivity contribution in [2.75, 3.05) is 0 Å². The van der Waals surface area contributed by atoms with Crippen molar-refractivity contribution in [3.8, 4) is 0 Å². The Labute approximate surface area is 72.7 Å². The van der Waals surface area contributed by atoms with E-state index in [1.807, 2.05) is 0 Å². The minimum atomic E-state index is -0.780. The van der Waals surface area contributed by atoms with Gasteiger partial charge in [0.1, 0.15) is 0 Å². The Morgan fingerprint density at radius 2 is 1.73 bits per heavy atom. The van der Waals surface area contributed by atoms with Crippen LogP contribution < -0.4 is 0 Å². The zero-order chi connectivity index (χ0) is 8.91. The topological polar surface area (TPSA) is 0 Å². The summed E-state index contributed by atoms with van der Waals surface area (Å²) in [6.07, 6.45) is 5.93. The molecule has 0 heterocycles. The largest absolute Gasteiger partial charge is 0.0886 e. The van der Waals surface area contributed by atoms with Crippen LogP contribution >= 0.6 is 0 Å². The van der Waals surface area contributed by atoms with Gasteiger partial charge in [0.25, 0.3) is 0 Å². The van der Waals surface area contributed by atoms with E-state index in [1.54, 1.807) is 0 Å². The van der Waals surface area contributed by atoms with Crippen molar-refractivity contribution in [3.63, 3.8) is 0 Å². The summed E-state index contributed by atoms with van der Waals surface area (Å²) >= 11 is 0. The average molecular weight is 170 g/mol. The van der Waals surface area contributed by atoms with Gasteiger partial charge in [-0.15, -0.1) is 0 Å². The van der Waals surface area contributed by atoms with Gasteiger partial charge >= 0.3 is 0 Å². The number of allylic oxidation sites excluding steroid dienone is 2. The third kappa shape index (κ3) is 9.96. The maximum atomic E-state index is 2.43. The maximum absolute atomic E-state index is 2.43. The lowest BCUT2D eigenvalue weighted by Crippen LogP contribution is -2.18. The molecule has 66 valence electrons. The third-order valence-electron chi connectivity index (χ3n) is 1.58. The second-order valence-corrected chi connectivity index (χ2v) is 10.4. The smallest absolute Gasteiger partial charge is 0.0445 e. The molecular weight excluding hydrogens is 148 g/mol. The van der Waals surface area contributed by atoms with E-state index in [2.05, 4.69) is 45.6 Å². The number of hydrogen-bond acceptors (Lipinski definition) is 0. The highest BCUT2D eigenvalue weighted by atomic mass is 28.3. The highest BCUT2D eigenvalue weighted by Gasteiger charge is 2.10. The molecule has 0 spiro atoms. The SMILES string of the molecule is CC(C)/C=C/CC[Si](C)(C)C. The zero-order valence-electron chi connectivity index (χ0n) is 8.65. The molecule has 0 aliphatic carbocycles. The van der Waals surface area contributed by atoms with E-state index < -0.39 is 8.07 Å². The van der Waals surface area contributed by atoms with E-state index >= 15 is 0 Å². The Morgan fingerprint density at radius 3 is 2.09 bits per heavy atom. The molecule has 0 rings (SSSR count). The van der Waals surface area contributed by atoms with Gasteiger partial charge in [0.2, 0.25) is 0 Å². The lowest BCUT2D eigenvalue weighted by atomic mass is 10.2. The van der Waals surface area contributed by atoms with Crippen LogP contribution in [-0.2, 0) is 0 Å². The van der Waals surface area contributed by atoms with Crippen molar-refractivity contribution in [1.29, 1.82) is 0 Å². The van der Waals surface area contributed by atoms with E-state index in [4.69, 9.17) is 0 Å². The van der Waals surface area contributed by atoms with Crippen molar-refractivity contribution in [2.45, 2.75) is 46.0 Å². The molecule has 0 N–H and O–H groups in total. The van der Waals surface area contributed by atoms with Crippen LogP contribution in [-0.4, -0.2) is 8.07 Å². The summed E-state index contributed by atoms with van der Waals surface area (Å²) in [5.74, 6) is 0.719. The summed E-state index contributed by atoms with van der Waals surface area (Å²) in [7, 11) is -0.780. The molecule has 0 saturated heterocycles. The zero-order valence-corrected chi connectivity index (χ0v) is 9.65. The Balaban J connectivity index is 3.42. The van der Waals surface area contributed by atoms with Crippen LogP contribution in [0.5, 0.6) is 0 Å². The van der Waals surface area contributed by atoms with Crippen LogP contribution in [0.1, 0.15) is 20.3 Å². The van der Waals surface area contributed by atoms with Crippen LogP contribution in [0.15, 0.2) is 12.2 Å². The van der Waals surface area contributed by atoms with E-state index in [9.17, 15) is 0 Å². The van der Waals surface area contributed by atoms with Gasteiger partial charge in [0.05, 0.1) is 0 Å². The fourth-order valence-corrected chi connectivity index (χ4v) is 1.92. The molecule has 1 heteroatoms. The van der Waals surface area contributed by atoms with Gasteiger partial charge in [-0.3, -0.25) is 0 Å². The molecule has 0 bridgehead atoms. The van der Waals surface area contributed by atoms with Crippen molar-refractivity contribution in [1.82, 2.24) is 0 Å². The first-order valence-electron chi connectivity index (χ1n) is 4.58. The van der Waals surface area contributed by atoms with Gasteiger partial charge in [-0.25, -0.2) is 0 Å². The summed E-state index contributed by atoms with van der Waals surface area (Å²) in [6, 6.07) is 1.43. The van der Waals surface area contributed by atoms with Gasteiger partial charge in [0.15, 0.2) is 0 Å². The van der Waals surface area contributed by atoms with Gasteiger partial charge in [-0.1, -0.05) is 51.7 Å². The van der Waals surface area contributed by atoms with Crippen LogP contribution in [0.4, 0.5) is 0 Å². The third-order valence-corrected chi connectivity index (χ3v) is 3.37. The molecular formula is C10H22Si. The van der Waals surface area contributed by atoms with Crippen LogP contribution in [0.3, 0.4) is 0 Å². The lowest BCUT2D eigenvalue weighted by molar-refractivity contribution is 0.825. The predicted molar refractivity (Wildman–Crippen MR) is 56.7 cm³/mol. The lowest BCUT2D eigenvalue weighted by Gasteiger charge is -2.13. The standard InChI is InChI=1S/C10H22Si/c1-10(2)8-6-7-9-11(3,4)5/h6,8,10H,7,9H2,1-5H3/b8-6+. The molecule has 0 aliphatic heterocycles. The van der Waals surface area contributed by atoms with Crippen LogP contribution in [0.25, 0.3) is 0 Å². The minimum Gasteiger partial charge on any atom is -0.0886 e. The molecule has 0 aromatic rings. The quantitative estimate of drug-likeness (QED) is 0.443. The second-order valence-electron chi connectivity index (χ2n) is 4.77. The molecule has 0 unspecified atom stereocenters. The Kier molecular flexibility index (Phi) is 4.74. The summed E-state index contributed by atoms with van der Waals surface area (Å²) in [5, 5.41) is 0. The summed E-state index contributed by atoms with van der Waals surface area (Å²) in [4.78, 5) is 0. The maximum Gasteiger partial charge on any atom is 0.0445 e. The van der Waals surface area contributed by atoms with E-state index in [-0.39, 0.29) is 0 Å².